The number of benzene rings is 1. The maximum Gasteiger partial charge on any atom is 0.123 e. The molecular weight excluding hydrogens is 238 g/mol. The minimum atomic E-state index is 0.0581. The van der Waals surface area contributed by atoms with Crippen LogP contribution in [0.25, 0.3) is 0 Å². The van der Waals surface area contributed by atoms with Crippen molar-refractivity contribution in [1.29, 1.82) is 0 Å². The topological polar surface area (TPSA) is 41.5 Å². The first kappa shape index (κ1) is 14.4. The lowest BCUT2D eigenvalue weighted by molar-refractivity contribution is 0.200. The van der Waals surface area contributed by atoms with Crippen LogP contribution in [0.4, 0.5) is 0 Å². The number of nitrogens with one attached hydrogen (secondary N) is 1. The predicted molar refractivity (Wildman–Crippen MR) is 77.3 cm³/mol. The molecule has 2 atom stereocenters. The molecule has 3 nitrogen and oxygen atoms in total. The SMILES string of the molecule is CCC1CCC(NCc2ccccc2OCCO)C1. The number of aliphatic hydroxyl groups excluding tert-OH is 1. The first-order chi connectivity index (χ1) is 9.33. The summed E-state index contributed by atoms with van der Waals surface area (Å²) in [6, 6.07) is 8.71. The number of aliphatic hydroxyl groups is 1. The molecule has 1 fully saturated rings. The van der Waals surface area contributed by atoms with E-state index >= 15 is 0 Å². The zero-order valence-electron chi connectivity index (χ0n) is 11.8. The Morgan fingerprint density at radius 2 is 2.16 bits per heavy atom. The fraction of sp³-hybridized carbons (Fsp3) is 0.625. The number of rotatable bonds is 7. The summed E-state index contributed by atoms with van der Waals surface area (Å²) in [7, 11) is 0. The Hall–Kier alpha value is -1.06. The highest BCUT2D eigenvalue weighted by Gasteiger charge is 2.22. The summed E-state index contributed by atoms with van der Waals surface area (Å²) in [4.78, 5) is 0. The van der Waals surface area contributed by atoms with Crippen LogP contribution < -0.4 is 10.1 Å². The lowest BCUT2D eigenvalue weighted by Crippen LogP contribution is -2.26. The van der Waals surface area contributed by atoms with Crippen molar-refractivity contribution >= 4 is 0 Å². The highest BCUT2D eigenvalue weighted by Crippen LogP contribution is 2.28. The van der Waals surface area contributed by atoms with E-state index in [2.05, 4.69) is 18.3 Å². The van der Waals surface area contributed by atoms with Crippen molar-refractivity contribution in [2.24, 2.45) is 5.92 Å². The summed E-state index contributed by atoms with van der Waals surface area (Å²) >= 11 is 0. The lowest BCUT2D eigenvalue weighted by Gasteiger charge is -2.15. The molecule has 106 valence electrons. The molecule has 0 radical (unpaired) electrons. The fourth-order valence-electron chi connectivity index (χ4n) is 2.83. The van der Waals surface area contributed by atoms with Gasteiger partial charge < -0.3 is 15.2 Å². The molecule has 1 saturated carbocycles. The van der Waals surface area contributed by atoms with Crippen LogP contribution >= 0.6 is 0 Å². The first-order valence-corrected chi connectivity index (χ1v) is 7.38. The Balaban J connectivity index is 1.85. The van der Waals surface area contributed by atoms with Gasteiger partial charge in [-0.2, -0.15) is 0 Å². The molecule has 0 heterocycles. The minimum Gasteiger partial charge on any atom is -0.491 e. The molecule has 1 aliphatic rings. The van der Waals surface area contributed by atoms with E-state index in [-0.39, 0.29) is 6.61 Å². The summed E-state index contributed by atoms with van der Waals surface area (Å²) in [6.07, 6.45) is 5.25. The third-order valence-electron chi connectivity index (χ3n) is 4.02. The fourth-order valence-corrected chi connectivity index (χ4v) is 2.83. The smallest absolute Gasteiger partial charge is 0.123 e. The zero-order valence-corrected chi connectivity index (χ0v) is 11.8. The Morgan fingerprint density at radius 3 is 2.89 bits per heavy atom. The number of hydrogen-bond donors (Lipinski definition) is 2. The van der Waals surface area contributed by atoms with E-state index in [0.29, 0.717) is 12.6 Å². The molecule has 0 amide bonds. The van der Waals surface area contributed by atoms with Gasteiger partial charge in [-0.1, -0.05) is 31.5 Å². The van der Waals surface area contributed by atoms with Crippen LogP contribution in [-0.4, -0.2) is 24.4 Å². The summed E-state index contributed by atoms with van der Waals surface area (Å²) in [5.74, 6) is 1.78. The quantitative estimate of drug-likeness (QED) is 0.795. The zero-order chi connectivity index (χ0) is 13.5. The minimum absolute atomic E-state index is 0.0581. The van der Waals surface area contributed by atoms with Gasteiger partial charge in [-0.25, -0.2) is 0 Å². The third kappa shape index (κ3) is 4.22. The molecule has 0 aromatic heterocycles. The number of hydrogen-bond acceptors (Lipinski definition) is 3. The molecule has 0 spiro atoms. The lowest BCUT2D eigenvalue weighted by atomic mass is 10.1. The molecule has 0 saturated heterocycles. The van der Waals surface area contributed by atoms with Gasteiger partial charge >= 0.3 is 0 Å². The Labute approximate surface area is 116 Å². The predicted octanol–water partition coefficient (Wildman–Crippen LogP) is 2.73. The van der Waals surface area contributed by atoms with Crippen molar-refractivity contribution in [2.75, 3.05) is 13.2 Å². The van der Waals surface area contributed by atoms with Gasteiger partial charge in [0, 0.05) is 18.2 Å². The maximum atomic E-state index is 8.84. The van der Waals surface area contributed by atoms with Gasteiger partial charge in [-0.05, 0) is 31.2 Å². The second kappa shape index (κ2) is 7.51. The van der Waals surface area contributed by atoms with Crippen LogP contribution in [0.2, 0.25) is 0 Å². The highest BCUT2D eigenvalue weighted by molar-refractivity contribution is 5.33. The molecule has 0 aliphatic heterocycles. The summed E-state index contributed by atoms with van der Waals surface area (Å²) in [5, 5.41) is 12.5. The largest absolute Gasteiger partial charge is 0.491 e. The highest BCUT2D eigenvalue weighted by atomic mass is 16.5. The molecule has 1 aromatic carbocycles. The normalized spacial score (nSPS) is 22.6. The molecule has 2 rings (SSSR count). The van der Waals surface area contributed by atoms with Crippen molar-refractivity contribution < 1.29 is 9.84 Å². The van der Waals surface area contributed by atoms with E-state index < -0.39 is 0 Å². The maximum absolute atomic E-state index is 8.84. The third-order valence-corrected chi connectivity index (χ3v) is 4.02. The van der Waals surface area contributed by atoms with E-state index in [1.165, 1.54) is 31.2 Å². The molecule has 1 aliphatic carbocycles. The van der Waals surface area contributed by atoms with Crippen LogP contribution in [-0.2, 0) is 6.54 Å². The molecule has 2 unspecified atom stereocenters. The molecule has 19 heavy (non-hydrogen) atoms. The van der Waals surface area contributed by atoms with Crippen molar-refractivity contribution in [2.45, 2.75) is 45.2 Å². The summed E-state index contributed by atoms with van der Waals surface area (Å²) < 4.78 is 5.55. The molecule has 3 heteroatoms. The van der Waals surface area contributed by atoms with E-state index in [1.54, 1.807) is 0 Å². The van der Waals surface area contributed by atoms with E-state index in [1.807, 2.05) is 18.2 Å². The van der Waals surface area contributed by atoms with E-state index in [9.17, 15) is 0 Å². The van der Waals surface area contributed by atoms with Crippen molar-refractivity contribution in [3.8, 4) is 5.75 Å². The average molecular weight is 263 g/mol. The monoisotopic (exact) mass is 263 g/mol. The molecule has 2 N–H and O–H groups in total. The average Bonchev–Trinajstić information content (AvgIpc) is 2.91. The Kier molecular flexibility index (Phi) is 5.67. The van der Waals surface area contributed by atoms with Gasteiger partial charge in [0.05, 0.1) is 6.61 Å². The van der Waals surface area contributed by atoms with Gasteiger partial charge in [0.2, 0.25) is 0 Å². The van der Waals surface area contributed by atoms with Crippen LogP contribution in [0.3, 0.4) is 0 Å². The Bertz CT molecular complexity index is 381. The van der Waals surface area contributed by atoms with Gasteiger partial charge in [0.1, 0.15) is 12.4 Å². The molecule has 0 bridgehead atoms. The van der Waals surface area contributed by atoms with Crippen LogP contribution in [0, 0.1) is 5.92 Å². The van der Waals surface area contributed by atoms with Crippen LogP contribution in [0.15, 0.2) is 24.3 Å². The van der Waals surface area contributed by atoms with Crippen LogP contribution in [0.1, 0.15) is 38.2 Å². The van der Waals surface area contributed by atoms with Crippen molar-refractivity contribution in [3.05, 3.63) is 29.8 Å². The van der Waals surface area contributed by atoms with Gasteiger partial charge in [-0.15, -0.1) is 0 Å². The van der Waals surface area contributed by atoms with E-state index in [0.717, 1.165) is 18.2 Å². The summed E-state index contributed by atoms with van der Waals surface area (Å²) in [6.45, 7) is 3.55. The summed E-state index contributed by atoms with van der Waals surface area (Å²) in [5.41, 5.74) is 1.18. The molecule has 1 aromatic rings. The van der Waals surface area contributed by atoms with E-state index in [4.69, 9.17) is 9.84 Å². The Morgan fingerprint density at radius 1 is 1.32 bits per heavy atom. The second-order valence-electron chi connectivity index (χ2n) is 5.34. The molecular formula is C16H25NO2. The van der Waals surface area contributed by atoms with Gasteiger partial charge in [-0.3, -0.25) is 0 Å². The van der Waals surface area contributed by atoms with Crippen molar-refractivity contribution in [3.63, 3.8) is 0 Å². The van der Waals surface area contributed by atoms with Crippen molar-refractivity contribution in [1.82, 2.24) is 5.32 Å². The number of para-hydroxylation sites is 1. The number of ether oxygens (including phenoxy) is 1. The second-order valence-corrected chi connectivity index (χ2v) is 5.34. The van der Waals surface area contributed by atoms with Gasteiger partial charge in [0.25, 0.3) is 0 Å². The standard InChI is InChI=1S/C16H25NO2/c1-2-13-7-8-15(11-13)17-12-14-5-3-4-6-16(14)19-10-9-18/h3-6,13,15,17-18H,2,7-12H2,1H3. The van der Waals surface area contributed by atoms with Gasteiger partial charge in [0.15, 0.2) is 0 Å². The van der Waals surface area contributed by atoms with Crippen LogP contribution in [0.5, 0.6) is 5.75 Å². The first-order valence-electron chi connectivity index (χ1n) is 7.38.